The Morgan fingerprint density at radius 1 is 0.947 bits per heavy atom. The average Bonchev–Trinajstić information content (AvgIpc) is 2.46. The second kappa shape index (κ2) is 7.75. The van der Waals surface area contributed by atoms with Crippen LogP contribution < -0.4 is 5.32 Å². The smallest absolute Gasteiger partial charge is 0.00143 e. The lowest BCUT2D eigenvalue weighted by molar-refractivity contribution is 0.678. The van der Waals surface area contributed by atoms with Crippen molar-refractivity contribution in [2.24, 2.45) is 0 Å². The number of rotatable bonds is 7. The van der Waals surface area contributed by atoms with Crippen LogP contribution in [0.25, 0.3) is 10.8 Å². The van der Waals surface area contributed by atoms with Crippen molar-refractivity contribution in [1.29, 1.82) is 0 Å². The van der Waals surface area contributed by atoms with Crippen LogP contribution in [0.3, 0.4) is 0 Å². The third-order valence-electron chi connectivity index (χ3n) is 3.30. The van der Waals surface area contributed by atoms with Crippen molar-refractivity contribution in [1.82, 2.24) is 5.32 Å². The summed E-state index contributed by atoms with van der Waals surface area (Å²) in [5.41, 5.74) is 1.41. The standard InChI is InChI=1S/C18H23N/c1-2-14-19-15-7-3-4-9-16-11-8-12-17-10-5-6-13-18(16)17/h3-6,8,10-13,19H,2,7,9,14-15H2,1H3. The number of allylic oxidation sites excluding steroid dienone is 1. The molecule has 0 amide bonds. The minimum atomic E-state index is 1.02. The first kappa shape index (κ1) is 13.8. The minimum Gasteiger partial charge on any atom is -0.316 e. The Hall–Kier alpha value is -1.60. The molecule has 2 aromatic rings. The molecule has 100 valence electrons. The van der Waals surface area contributed by atoms with Crippen molar-refractivity contribution in [3.8, 4) is 0 Å². The molecule has 0 saturated carbocycles. The first-order chi connectivity index (χ1) is 9.42. The van der Waals surface area contributed by atoms with Crippen LogP contribution in [0.5, 0.6) is 0 Å². The Labute approximate surface area is 116 Å². The lowest BCUT2D eigenvalue weighted by Gasteiger charge is -2.03. The predicted octanol–water partition coefficient (Wildman–Crippen LogP) is 4.33. The van der Waals surface area contributed by atoms with Gasteiger partial charge in [-0.3, -0.25) is 0 Å². The molecule has 0 aliphatic carbocycles. The van der Waals surface area contributed by atoms with Crippen LogP contribution in [-0.2, 0) is 6.42 Å². The van der Waals surface area contributed by atoms with Crippen molar-refractivity contribution in [3.05, 3.63) is 60.2 Å². The molecule has 0 fully saturated rings. The largest absolute Gasteiger partial charge is 0.316 e. The fourth-order valence-corrected chi connectivity index (χ4v) is 2.29. The highest BCUT2D eigenvalue weighted by Gasteiger charge is 1.97. The first-order valence-corrected chi connectivity index (χ1v) is 7.24. The summed E-state index contributed by atoms with van der Waals surface area (Å²) in [5.74, 6) is 0. The Morgan fingerprint density at radius 3 is 2.68 bits per heavy atom. The molecule has 0 saturated heterocycles. The van der Waals surface area contributed by atoms with Crippen molar-refractivity contribution in [2.45, 2.75) is 26.2 Å². The molecule has 0 spiro atoms. The van der Waals surface area contributed by atoms with Crippen LogP contribution in [0.1, 0.15) is 25.3 Å². The van der Waals surface area contributed by atoms with Gasteiger partial charge in [0.05, 0.1) is 0 Å². The molecule has 0 radical (unpaired) electrons. The van der Waals surface area contributed by atoms with E-state index < -0.39 is 0 Å². The predicted molar refractivity (Wildman–Crippen MR) is 84.6 cm³/mol. The Morgan fingerprint density at radius 2 is 1.79 bits per heavy atom. The van der Waals surface area contributed by atoms with E-state index in [1.165, 1.54) is 22.8 Å². The maximum Gasteiger partial charge on any atom is -0.00143 e. The van der Waals surface area contributed by atoms with E-state index in [2.05, 4.69) is 66.9 Å². The summed E-state index contributed by atoms with van der Waals surface area (Å²) >= 11 is 0. The van der Waals surface area contributed by atoms with Crippen molar-refractivity contribution in [2.75, 3.05) is 13.1 Å². The SMILES string of the molecule is CCCNCCC=CCc1cccc2ccccc12. The van der Waals surface area contributed by atoms with Crippen LogP contribution in [-0.4, -0.2) is 13.1 Å². The van der Waals surface area contributed by atoms with Gasteiger partial charge in [-0.25, -0.2) is 0 Å². The zero-order valence-corrected chi connectivity index (χ0v) is 11.7. The summed E-state index contributed by atoms with van der Waals surface area (Å²) in [6.45, 7) is 4.40. The van der Waals surface area contributed by atoms with Crippen molar-refractivity contribution in [3.63, 3.8) is 0 Å². The van der Waals surface area contributed by atoms with E-state index in [9.17, 15) is 0 Å². The quantitative estimate of drug-likeness (QED) is 0.572. The van der Waals surface area contributed by atoms with E-state index in [1.807, 2.05) is 0 Å². The van der Waals surface area contributed by atoms with E-state index >= 15 is 0 Å². The van der Waals surface area contributed by atoms with Gasteiger partial charge < -0.3 is 5.32 Å². The molecule has 0 heterocycles. The highest BCUT2D eigenvalue weighted by molar-refractivity contribution is 5.85. The lowest BCUT2D eigenvalue weighted by atomic mass is 10.0. The third kappa shape index (κ3) is 4.22. The zero-order chi connectivity index (χ0) is 13.3. The molecule has 0 atom stereocenters. The van der Waals surface area contributed by atoms with E-state index in [4.69, 9.17) is 0 Å². The molecule has 2 aromatic carbocycles. The topological polar surface area (TPSA) is 12.0 Å². The molecular formula is C18H23N. The van der Waals surface area contributed by atoms with Crippen LogP contribution in [0.15, 0.2) is 54.6 Å². The fourth-order valence-electron chi connectivity index (χ4n) is 2.29. The molecule has 0 aliphatic heterocycles. The summed E-state index contributed by atoms with van der Waals surface area (Å²) in [4.78, 5) is 0. The molecule has 1 nitrogen and oxygen atoms in total. The molecule has 0 bridgehead atoms. The minimum absolute atomic E-state index is 1.02. The molecule has 1 heteroatoms. The number of benzene rings is 2. The van der Waals surface area contributed by atoms with Crippen LogP contribution in [0.2, 0.25) is 0 Å². The molecule has 19 heavy (non-hydrogen) atoms. The van der Waals surface area contributed by atoms with Gasteiger partial charge in [0, 0.05) is 0 Å². The monoisotopic (exact) mass is 253 g/mol. The average molecular weight is 253 g/mol. The maximum absolute atomic E-state index is 3.41. The molecule has 1 N–H and O–H groups in total. The van der Waals surface area contributed by atoms with Crippen molar-refractivity contribution < 1.29 is 0 Å². The van der Waals surface area contributed by atoms with Gasteiger partial charge in [-0.2, -0.15) is 0 Å². The number of fused-ring (bicyclic) bond motifs is 1. The molecule has 0 unspecified atom stereocenters. The number of hydrogen-bond acceptors (Lipinski definition) is 1. The van der Waals surface area contributed by atoms with E-state index in [0.29, 0.717) is 0 Å². The van der Waals surface area contributed by atoms with Gasteiger partial charge in [-0.1, -0.05) is 61.5 Å². The van der Waals surface area contributed by atoms with Crippen LogP contribution in [0.4, 0.5) is 0 Å². The molecule has 0 aromatic heterocycles. The van der Waals surface area contributed by atoms with Crippen LogP contribution >= 0.6 is 0 Å². The highest BCUT2D eigenvalue weighted by Crippen LogP contribution is 2.19. The summed E-state index contributed by atoms with van der Waals surface area (Å²) in [5, 5.41) is 6.12. The number of hydrogen-bond donors (Lipinski definition) is 1. The van der Waals surface area contributed by atoms with Crippen molar-refractivity contribution >= 4 is 10.8 Å². The van der Waals surface area contributed by atoms with Gasteiger partial charge in [-0.15, -0.1) is 0 Å². The Balaban J connectivity index is 1.89. The van der Waals surface area contributed by atoms with Gasteiger partial charge in [0.15, 0.2) is 0 Å². The maximum atomic E-state index is 3.41. The van der Waals surface area contributed by atoms with Gasteiger partial charge >= 0.3 is 0 Å². The van der Waals surface area contributed by atoms with Gasteiger partial charge in [0.1, 0.15) is 0 Å². The van der Waals surface area contributed by atoms with E-state index in [-0.39, 0.29) is 0 Å². The molecule has 2 rings (SSSR count). The Bertz CT molecular complexity index is 523. The van der Waals surface area contributed by atoms with Crippen LogP contribution in [0, 0.1) is 0 Å². The second-order valence-electron chi connectivity index (χ2n) is 4.85. The van der Waals surface area contributed by atoms with E-state index in [0.717, 1.165) is 25.9 Å². The lowest BCUT2D eigenvalue weighted by Crippen LogP contribution is -2.14. The summed E-state index contributed by atoms with van der Waals surface area (Å²) < 4.78 is 0. The zero-order valence-electron chi connectivity index (χ0n) is 11.7. The van der Waals surface area contributed by atoms with E-state index in [1.54, 1.807) is 0 Å². The normalized spacial score (nSPS) is 11.4. The summed E-state index contributed by atoms with van der Waals surface area (Å²) in [6, 6.07) is 15.2. The first-order valence-electron chi connectivity index (χ1n) is 7.24. The summed E-state index contributed by atoms with van der Waals surface area (Å²) in [7, 11) is 0. The Kier molecular flexibility index (Phi) is 5.64. The fraction of sp³-hybridized carbons (Fsp3) is 0.333. The van der Waals surface area contributed by atoms with Gasteiger partial charge in [-0.05, 0) is 48.7 Å². The molecule has 0 aliphatic rings. The second-order valence-corrected chi connectivity index (χ2v) is 4.85. The highest BCUT2D eigenvalue weighted by atomic mass is 14.8. The number of nitrogens with one attached hydrogen (secondary N) is 1. The van der Waals surface area contributed by atoms with Gasteiger partial charge in [0.25, 0.3) is 0 Å². The van der Waals surface area contributed by atoms with Gasteiger partial charge in [0.2, 0.25) is 0 Å². The molecular weight excluding hydrogens is 230 g/mol. The third-order valence-corrected chi connectivity index (χ3v) is 3.30. The summed E-state index contributed by atoms with van der Waals surface area (Å²) in [6.07, 6.45) is 7.92.